The number of aromatic nitrogens is 3. The van der Waals surface area contributed by atoms with Crippen molar-refractivity contribution in [3.8, 4) is 17.0 Å². The molecule has 0 spiro atoms. The second kappa shape index (κ2) is 5.28. The van der Waals surface area contributed by atoms with Crippen molar-refractivity contribution in [3.05, 3.63) is 45.9 Å². The maximum atomic E-state index is 12.0. The van der Waals surface area contributed by atoms with E-state index < -0.39 is 22.8 Å². The van der Waals surface area contributed by atoms with Gasteiger partial charge in [-0.25, -0.2) is 4.79 Å². The Morgan fingerprint density at radius 1 is 1.39 bits per heavy atom. The molecule has 2 aromatic heterocycles. The van der Waals surface area contributed by atoms with E-state index in [1.807, 2.05) is 19.3 Å². The first-order chi connectivity index (χ1) is 10.9. The smallest absolute Gasteiger partial charge is 0.345 e. The molecule has 0 aliphatic carbocycles. The fourth-order valence-electron chi connectivity index (χ4n) is 2.71. The first-order valence-corrected chi connectivity index (χ1v) is 7.07. The molecule has 0 amide bonds. The van der Waals surface area contributed by atoms with Gasteiger partial charge in [0.05, 0.1) is 11.2 Å². The number of H-pyrrole nitrogens is 1. The summed E-state index contributed by atoms with van der Waals surface area (Å²) in [7, 11) is 1.81. The second-order valence-corrected chi connectivity index (χ2v) is 5.27. The van der Waals surface area contributed by atoms with E-state index in [4.69, 9.17) is 5.11 Å². The second-order valence-electron chi connectivity index (χ2n) is 5.27. The van der Waals surface area contributed by atoms with Crippen LogP contribution in [0.4, 0.5) is 0 Å². The third-order valence-electron chi connectivity index (χ3n) is 3.77. The number of aromatic amines is 1. The lowest BCUT2D eigenvalue weighted by molar-refractivity contribution is 0.0691. The van der Waals surface area contributed by atoms with Crippen molar-refractivity contribution >= 4 is 16.9 Å². The van der Waals surface area contributed by atoms with Crippen molar-refractivity contribution < 1.29 is 15.0 Å². The maximum absolute atomic E-state index is 12.0. The Morgan fingerprint density at radius 3 is 2.78 bits per heavy atom. The molecule has 118 valence electrons. The summed E-state index contributed by atoms with van der Waals surface area (Å²) < 4.78 is 1.68. The van der Waals surface area contributed by atoms with Gasteiger partial charge in [-0.05, 0) is 12.5 Å². The van der Waals surface area contributed by atoms with Gasteiger partial charge in [-0.15, -0.1) is 0 Å². The van der Waals surface area contributed by atoms with Crippen LogP contribution in [0.1, 0.15) is 22.8 Å². The van der Waals surface area contributed by atoms with Crippen LogP contribution in [0.15, 0.2) is 29.2 Å². The lowest BCUT2D eigenvalue weighted by Crippen LogP contribution is -2.20. The number of nitrogens with one attached hydrogen (secondary N) is 1. The summed E-state index contributed by atoms with van der Waals surface area (Å²) in [6.07, 6.45) is 2.24. The lowest BCUT2D eigenvalue weighted by Gasteiger charge is -2.12. The quantitative estimate of drug-likeness (QED) is 0.684. The van der Waals surface area contributed by atoms with Crippen molar-refractivity contribution in [2.24, 2.45) is 7.05 Å². The van der Waals surface area contributed by atoms with Gasteiger partial charge >= 0.3 is 5.97 Å². The van der Waals surface area contributed by atoms with Crippen molar-refractivity contribution in [3.63, 3.8) is 0 Å². The number of carboxylic acid groups (broad SMARTS) is 1. The molecule has 0 unspecified atom stereocenters. The van der Waals surface area contributed by atoms with Crippen LogP contribution in [0.2, 0.25) is 0 Å². The average molecular weight is 313 g/mol. The standard InChI is InChI=1S/C16H15N3O4/c1-3-10-13(17-15(21)12(14(10)20)16(22)23)8-4-5-9-7-19(2)18-11(9)6-8/h4-7H,3H2,1-2H3,(H,22,23)(H2,17,20,21). The van der Waals surface area contributed by atoms with Crippen molar-refractivity contribution in [1.82, 2.24) is 14.8 Å². The third-order valence-corrected chi connectivity index (χ3v) is 3.77. The summed E-state index contributed by atoms with van der Waals surface area (Å²) in [6, 6.07) is 5.45. The molecule has 7 nitrogen and oxygen atoms in total. The maximum Gasteiger partial charge on any atom is 0.345 e. The van der Waals surface area contributed by atoms with Crippen molar-refractivity contribution in [2.75, 3.05) is 0 Å². The first kappa shape index (κ1) is 14.8. The number of aromatic hydroxyl groups is 1. The summed E-state index contributed by atoms with van der Waals surface area (Å²) in [6.45, 7) is 1.78. The Kier molecular flexibility index (Phi) is 3.40. The zero-order valence-corrected chi connectivity index (χ0v) is 12.6. The van der Waals surface area contributed by atoms with Crippen LogP contribution in [0.5, 0.6) is 5.75 Å². The summed E-state index contributed by atoms with van der Waals surface area (Å²) in [5.41, 5.74) is 0.741. The molecule has 0 atom stereocenters. The lowest BCUT2D eigenvalue weighted by atomic mass is 10.00. The SMILES string of the molecule is CCc1c(-c2ccc3cn(C)nc3c2)[nH]c(=O)c(C(=O)O)c1O. The highest BCUT2D eigenvalue weighted by atomic mass is 16.4. The van der Waals surface area contributed by atoms with Gasteiger partial charge in [0.1, 0.15) is 5.75 Å². The number of hydrogen-bond acceptors (Lipinski definition) is 4. The zero-order chi connectivity index (χ0) is 16.7. The van der Waals surface area contributed by atoms with Crippen LogP contribution < -0.4 is 5.56 Å². The summed E-state index contributed by atoms with van der Waals surface area (Å²) in [5.74, 6) is -1.94. The minimum Gasteiger partial charge on any atom is -0.506 e. The predicted molar refractivity (Wildman–Crippen MR) is 84.8 cm³/mol. The third kappa shape index (κ3) is 2.36. The van der Waals surface area contributed by atoms with E-state index in [9.17, 15) is 14.7 Å². The molecule has 0 saturated carbocycles. The fourth-order valence-corrected chi connectivity index (χ4v) is 2.71. The van der Waals surface area contributed by atoms with Crippen molar-refractivity contribution in [2.45, 2.75) is 13.3 Å². The number of aromatic carboxylic acids is 1. The van der Waals surface area contributed by atoms with Crippen molar-refractivity contribution in [1.29, 1.82) is 0 Å². The Bertz CT molecular complexity index is 985. The number of rotatable bonds is 3. The molecule has 0 aliphatic heterocycles. The predicted octanol–water partition coefficient (Wildman–Crippen LogP) is 1.89. The molecule has 0 bridgehead atoms. The van der Waals surface area contributed by atoms with E-state index in [2.05, 4.69) is 10.1 Å². The van der Waals surface area contributed by atoms with Gasteiger partial charge in [-0.3, -0.25) is 9.48 Å². The number of aryl methyl sites for hydroxylation is 1. The number of carboxylic acids is 1. The fraction of sp³-hybridized carbons (Fsp3) is 0.188. The topological polar surface area (TPSA) is 108 Å². The highest BCUT2D eigenvalue weighted by Crippen LogP contribution is 2.31. The number of fused-ring (bicyclic) bond motifs is 1. The molecule has 23 heavy (non-hydrogen) atoms. The molecule has 7 heteroatoms. The van der Waals surface area contributed by atoms with Gasteiger partial charge in [0.2, 0.25) is 0 Å². The largest absolute Gasteiger partial charge is 0.506 e. The molecule has 0 saturated heterocycles. The van der Waals surface area contributed by atoms with E-state index in [0.29, 0.717) is 23.2 Å². The first-order valence-electron chi connectivity index (χ1n) is 7.07. The Morgan fingerprint density at radius 2 is 2.13 bits per heavy atom. The Labute approximate surface area is 130 Å². The molecule has 3 aromatic rings. The highest BCUT2D eigenvalue weighted by molar-refractivity contribution is 5.92. The van der Waals surface area contributed by atoms with Gasteiger partial charge in [0.25, 0.3) is 5.56 Å². The van der Waals surface area contributed by atoms with Gasteiger partial charge < -0.3 is 15.2 Å². The number of benzene rings is 1. The minimum absolute atomic E-state index is 0.373. The molecular formula is C16H15N3O4. The van der Waals surface area contributed by atoms with Crippen LogP contribution in [-0.4, -0.2) is 30.9 Å². The van der Waals surface area contributed by atoms with Crippen LogP contribution in [0.25, 0.3) is 22.2 Å². The van der Waals surface area contributed by atoms with E-state index >= 15 is 0 Å². The molecule has 2 heterocycles. The van der Waals surface area contributed by atoms with Gasteiger partial charge in [0.15, 0.2) is 5.56 Å². The number of carbonyl (C=O) groups is 1. The molecular weight excluding hydrogens is 298 g/mol. The summed E-state index contributed by atoms with van der Waals surface area (Å²) in [4.78, 5) is 25.7. The minimum atomic E-state index is -1.45. The van der Waals surface area contributed by atoms with Gasteiger partial charge in [-0.1, -0.05) is 19.1 Å². The normalized spacial score (nSPS) is 11.0. The summed E-state index contributed by atoms with van der Waals surface area (Å²) in [5, 5.41) is 24.5. The summed E-state index contributed by atoms with van der Waals surface area (Å²) >= 11 is 0. The van der Waals surface area contributed by atoms with E-state index in [1.54, 1.807) is 23.7 Å². The van der Waals surface area contributed by atoms with E-state index in [0.717, 1.165) is 10.9 Å². The zero-order valence-electron chi connectivity index (χ0n) is 12.6. The van der Waals surface area contributed by atoms with Crippen LogP contribution in [-0.2, 0) is 13.5 Å². The molecule has 3 rings (SSSR count). The number of hydrogen-bond donors (Lipinski definition) is 3. The van der Waals surface area contributed by atoms with Crippen LogP contribution in [0, 0.1) is 0 Å². The molecule has 3 N–H and O–H groups in total. The number of pyridine rings is 1. The van der Waals surface area contributed by atoms with Gasteiger partial charge in [0, 0.05) is 29.8 Å². The molecule has 0 aliphatic rings. The van der Waals surface area contributed by atoms with E-state index in [-0.39, 0.29) is 0 Å². The Hall–Kier alpha value is -3.09. The van der Waals surface area contributed by atoms with Crippen LogP contribution >= 0.6 is 0 Å². The van der Waals surface area contributed by atoms with Gasteiger partial charge in [-0.2, -0.15) is 5.10 Å². The molecule has 0 radical (unpaired) electrons. The average Bonchev–Trinajstić information content (AvgIpc) is 2.85. The Balaban J connectivity index is 2.29. The van der Waals surface area contributed by atoms with Crippen LogP contribution in [0.3, 0.4) is 0 Å². The highest BCUT2D eigenvalue weighted by Gasteiger charge is 2.22. The molecule has 1 aromatic carbocycles. The number of nitrogens with zero attached hydrogens (tertiary/aromatic N) is 2. The monoisotopic (exact) mass is 313 g/mol. The van der Waals surface area contributed by atoms with E-state index in [1.165, 1.54) is 0 Å². The molecule has 0 fully saturated rings.